The van der Waals surface area contributed by atoms with E-state index in [2.05, 4.69) is 21.0 Å². The van der Waals surface area contributed by atoms with Crippen LogP contribution in [0, 0.1) is 0 Å². The van der Waals surface area contributed by atoms with Crippen molar-refractivity contribution in [1.29, 1.82) is 0 Å². The van der Waals surface area contributed by atoms with Gasteiger partial charge in [0.25, 0.3) is 0 Å². The van der Waals surface area contributed by atoms with Crippen molar-refractivity contribution in [3.8, 4) is 5.75 Å². The van der Waals surface area contributed by atoms with Crippen LogP contribution in [0.5, 0.6) is 5.75 Å². The number of nitrogens with zero attached hydrogens (tertiary/aromatic N) is 2. The van der Waals surface area contributed by atoms with Crippen LogP contribution in [0.25, 0.3) is 5.57 Å². The van der Waals surface area contributed by atoms with Gasteiger partial charge in [0.2, 0.25) is 0 Å². The van der Waals surface area contributed by atoms with E-state index in [1.54, 1.807) is 0 Å². The van der Waals surface area contributed by atoms with Gasteiger partial charge in [0.15, 0.2) is 0 Å². The number of amides is 1. The molecule has 2 aliphatic heterocycles. The Kier molecular flexibility index (Phi) is 6.21. The summed E-state index contributed by atoms with van der Waals surface area (Å²) in [6.45, 7) is 4.72. The van der Waals surface area contributed by atoms with Gasteiger partial charge in [0.1, 0.15) is 0 Å². The van der Waals surface area contributed by atoms with E-state index in [1.807, 2.05) is 42.6 Å². The molecule has 26 heavy (non-hydrogen) atoms. The Morgan fingerprint density at radius 2 is 2.35 bits per heavy atom. The van der Waals surface area contributed by atoms with Gasteiger partial charge in [0.05, 0.1) is 0 Å². The van der Waals surface area contributed by atoms with E-state index in [0.717, 1.165) is 29.9 Å². The number of halogens is 1. The molecule has 0 unspecified atom stereocenters. The van der Waals surface area contributed by atoms with Gasteiger partial charge in [0, 0.05) is 0 Å². The summed E-state index contributed by atoms with van der Waals surface area (Å²) in [5.74, 6) is 1.21. The van der Waals surface area contributed by atoms with Gasteiger partial charge in [-0.1, -0.05) is 0 Å². The molecule has 1 aromatic rings. The van der Waals surface area contributed by atoms with E-state index in [4.69, 9.17) is 13.7 Å². The minimum absolute atomic E-state index is 0.201. The number of nitrogens with one attached hydrogen (secondary N) is 1. The Morgan fingerprint density at radius 3 is 3.15 bits per heavy atom. The summed E-state index contributed by atoms with van der Waals surface area (Å²) in [4.78, 5) is 15.4. The summed E-state index contributed by atoms with van der Waals surface area (Å²) in [7, 11) is 0. The maximum absolute atomic E-state index is 10.8. The molecule has 2 aliphatic rings. The van der Waals surface area contributed by atoms with Crippen LogP contribution in [0.3, 0.4) is 0 Å². The molecule has 2 heterocycles. The summed E-state index contributed by atoms with van der Waals surface area (Å²) >= 11 is -1.68. The van der Waals surface area contributed by atoms with Crippen molar-refractivity contribution in [2.45, 2.75) is 12.8 Å². The zero-order valence-corrected chi connectivity index (χ0v) is 16.5. The van der Waals surface area contributed by atoms with Crippen molar-refractivity contribution < 1.29 is 9.53 Å². The van der Waals surface area contributed by atoms with Crippen molar-refractivity contribution in [1.82, 2.24) is 5.32 Å². The molecule has 0 aliphatic carbocycles. The van der Waals surface area contributed by atoms with Gasteiger partial charge in [-0.2, -0.15) is 0 Å². The van der Waals surface area contributed by atoms with Crippen LogP contribution in [0.4, 0.5) is 0 Å². The molecule has 0 saturated heterocycles. The molecule has 0 atom stereocenters. The molecule has 6 nitrogen and oxygen atoms in total. The third-order valence-corrected chi connectivity index (χ3v) is 7.54. The number of carbonyl (C=O) groups is 1. The normalized spacial score (nSPS) is 18.0. The quantitative estimate of drug-likeness (QED) is 0.268. The van der Waals surface area contributed by atoms with Gasteiger partial charge >= 0.3 is 160 Å². The first-order valence-electron chi connectivity index (χ1n) is 8.26. The predicted molar refractivity (Wildman–Crippen MR) is 115 cm³/mol. The SMILES string of the molecule is C=CCCN=C1C=CI2N=CC(c3cccc(OCCC(N)=O)c3)=C2N1. The number of benzene rings is 1. The van der Waals surface area contributed by atoms with Crippen LogP contribution in [-0.4, -0.2) is 31.1 Å². The average molecular weight is 464 g/mol. The summed E-state index contributed by atoms with van der Waals surface area (Å²) in [5, 5.41) is 3.45. The summed E-state index contributed by atoms with van der Waals surface area (Å²) in [5.41, 5.74) is 7.26. The first kappa shape index (κ1) is 18.4. The predicted octanol–water partition coefficient (Wildman–Crippen LogP) is 3.21. The summed E-state index contributed by atoms with van der Waals surface area (Å²) in [6, 6.07) is 7.80. The standard InChI is InChI=1S/C19H21IN4O2/c1-2-3-10-22-18-7-9-20-19(24-18)16(13-23-20)14-5-4-6-15(12-14)26-11-8-17(21)25/h2,4-7,9,12-13H,1,3,8,10-11H2,(H2,21,25)(H,22,24). The molecule has 3 N–H and O–H groups in total. The van der Waals surface area contributed by atoms with Crippen molar-refractivity contribution >= 4 is 43.6 Å². The Bertz CT molecular complexity index is 827. The molecule has 0 spiro atoms. The number of nitrogens with two attached hydrogens (primary N) is 1. The second-order valence-electron chi connectivity index (χ2n) is 5.60. The molecular formula is C19H21IN4O2. The number of amidine groups is 1. The van der Waals surface area contributed by atoms with Gasteiger partial charge in [-0.25, -0.2) is 0 Å². The van der Waals surface area contributed by atoms with E-state index in [1.165, 1.54) is 3.70 Å². The topological polar surface area (TPSA) is 89.1 Å². The fourth-order valence-electron chi connectivity index (χ4n) is 2.39. The molecule has 136 valence electrons. The van der Waals surface area contributed by atoms with Crippen LogP contribution >= 0.6 is 20.1 Å². The van der Waals surface area contributed by atoms with E-state index in [-0.39, 0.29) is 18.9 Å². The average Bonchev–Trinajstić information content (AvgIpc) is 3.05. The van der Waals surface area contributed by atoms with Crippen LogP contribution < -0.4 is 15.8 Å². The number of carbonyl (C=O) groups excluding carboxylic acids is 1. The van der Waals surface area contributed by atoms with E-state index < -0.39 is 20.1 Å². The number of allylic oxidation sites excluding steroid dienone is 1. The molecule has 0 bridgehead atoms. The van der Waals surface area contributed by atoms with Crippen molar-refractivity contribution in [3.05, 3.63) is 56.3 Å². The van der Waals surface area contributed by atoms with E-state index in [9.17, 15) is 4.79 Å². The van der Waals surface area contributed by atoms with Crippen LogP contribution in [0.1, 0.15) is 18.4 Å². The molecule has 0 radical (unpaired) electrons. The van der Waals surface area contributed by atoms with Gasteiger partial charge in [-0.05, 0) is 0 Å². The van der Waals surface area contributed by atoms with E-state index >= 15 is 0 Å². The third kappa shape index (κ3) is 4.60. The summed E-state index contributed by atoms with van der Waals surface area (Å²) in [6.07, 6.45) is 6.89. The minimum atomic E-state index is -1.68. The van der Waals surface area contributed by atoms with Crippen molar-refractivity contribution in [3.63, 3.8) is 0 Å². The fourth-order valence-corrected chi connectivity index (χ4v) is 6.07. The molecule has 0 saturated carbocycles. The molecule has 0 aromatic heterocycles. The molecule has 1 amide bonds. The molecule has 3 rings (SSSR count). The zero-order chi connectivity index (χ0) is 18.4. The van der Waals surface area contributed by atoms with Gasteiger partial charge in [-0.3, -0.25) is 0 Å². The van der Waals surface area contributed by atoms with Crippen molar-refractivity contribution in [2.75, 3.05) is 13.2 Å². The van der Waals surface area contributed by atoms with Crippen LogP contribution in [0.15, 0.2) is 59.0 Å². The number of hydrogen-bond acceptors (Lipinski definition) is 4. The van der Waals surface area contributed by atoms with Crippen molar-refractivity contribution in [2.24, 2.45) is 13.9 Å². The zero-order valence-electron chi connectivity index (χ0n) is 14.3. The second kappa shape index (κ2) is 8.79. The third-order valence-electron chi connectivity index (χ3n) is 3.67. The van der Waals surface area contributed by atoms with Crippen LogP contribution in [-0.2, 0) is 4.79 Å². The second-order valence-corrected chi connectivity index (χ2v) is 9.62. The first-order valence-corrected chi connectivity index (χ1v) is 11.6. The number of ether oxygens (including phenoxy) is 1. The Hall–Kier alpha value is -2.42. The molecular weight excluding hydrogens is 443 g/mol. The number of rotatable bonds is 8. The molecule has 1 aromatic carbocycles. The molecule has 0 fully saturated rings. The Labute approximate surface area is 160 Å². The Balaban J connectivity index is 1.78. The number of primary amides is 1. The first-order chi connectivity index (χ1) is 12.7. The number of fused-ring (bicyclic) bond motifs is 1. The maximum atomic E-state index is 10.8. The fraction of sp³-hybridized carbons (Fsp3) is 0.211. The number of hydrogen-bond donors (Lipinski definition) is 2. The monoisotopic (exact) mass is 464 g/mol. The van der Waals surface area contributed by atoms with Gasteiger partial charge < -0.3 is 0 Å². The Morgan fingerprint density at radius 1 is 1.46 bits per heavy atom. The van der Waals surface area contributed by atoms with E-state index in [0.29, 0.717) is 5.75 Å². The van der Waals surface area contributed by atoms with Gasteiger partial charge in [-0.15, -0.1) is 0 Å². The molecule has 7 heteroatoms. The number of aliphatic imine (C=N–C) groups is 1. The summed E-state index contributed by atoms with van der Waals surface area (Å²) < 4.78 is 13.7. The van der Waals surface area contributed by atoms with Crippen LogP contribution in [0.2, 0.25) is 0 Å².